The molecule has 0 fully saturated rings. The van der Waals surface area contributed by atoms with E-state index in [4.69, 9.17) is 0 Å². The number of hydrogen-bond donors (Lipinski definition) is 1. The topological polar surface area (TPSA) is 28.7 Å². The van der Waals surface area contributed by atoms with Crippen LogP contribution < -0.4 is 0 Å². The van der Waals surface area contributed by atoms with Gasteiger partial charge in [-0.15, -0.1) is 0 Å². The average molecular weight is 254 g/mol. The van der Waals surface area contributed by atoms with E-state index >= 15 is 0 Å². The minimum atomic E-state index is 0.968. The first-order valence-corrected chi connectivity index (χ1v) is 6.90. The summed E-state index contributed by atoms with van der Waals surface area (Å²) >= 11 is 0. The molecule has 0 atom stereocenters. The summed E-state index contributed by atoms with van der Waals surface area (Å²) in [6.07, 6.45) is 9.66. The third-order valence-electron chi connectivity index (χ3n) is 3.46. The first kappa shape index (κ1) is 13.6. The molecule has 2 heteroatoms. The second-order valence-corrected chi connectivity index (χ2v) is 5.09. The maximum atomic E-state index is 4.18. The predicted molar refractivity (Wildman–Crippen MR) is 81.2 cm³/mol. The molecule has 2 aromatic rings. The number of aryl methyl sites for hydroxylation is 3. The number of nitrogens with zero attached hydrogens (tertiary/aromatic N) is 1. The Kier molecular flexibility index (Phi) is 4.56. The monoisotopic (exact) mass is 254 g/mol. The van der Waals surface area contributed by atoms with Crippen LogP contribution in [0.15, 0.2) is 30.5 Å². The molecule has 0 aliphatic heterocycles. The molecule has 1 aromatic carbocycles. The Morgan fingerprint density at radius 2 is 1.89 bits per heavy atom. The lowest BCUT2D eigenvalue weighted by Gasteiger charge is -2.08. The molecule has 0 unspecified atom stereocenters. The first-order valence-electron chi connectivity index (χ1n) is 6.90. The second-order valence-electron chi connectivity index (χ2n) is 5.09. The summed E-state index contributed by atoms with van der Waals surface area (Å²) in [4.78, 5) is 7.38. The molecular weight excluding hydrogens is 232 g/mol. The number of H-pyrrole nitrogens is 1. The number of nitrogens with one attached hydrogen (secondary N) is 1. The van der Waals surface area contributed by atoms with Crippen molar-refractivity contribution < 1.29 is 0 Å². The number of allylic oxidation sites excluding steroid dienone is 1. The normalized spacial score (nSPS) is 11.3. The standard InChI is InChI=1S/C17H22N2/c1-13-8-7-9-14(2)17(13)11-6-4-5-10-16-12-18-15(3)19-16/h5,7-10,12H,4,6,11H2,1-3H3,(H,18,19). The third kappa shape index (κ3) is 3.82. The number of benzene rings is 1. The van der Waals surface area contributed by atoms with Gasteiger partial charge in [-0.2, -0.15) is 0 Å². The zero-order valence-corrected chi connectivity index (χ0v) is 12.0. The third-order valence-corrected chi connectivity index (χ3v) is 3.46. The highest BCUT2D eigenvalue weighted by Crippen LogP contribution is 2.16. The molecule has 0 saturated heterocycles. The van der Waals surface area contributed by atoms with Crippen LogP contribution in [0.4, 0.5) is 0 Å². The lowest BCUT2D eigenvalue weighted by atomic mass is 9.98. The van der Waals surface area contributed by atoms with E-state index in [9.17, 15) is 0 Å². The lowest BCUT2D eigenvalue weighted by Crippen LogP contribution is -1.93. The lowest BCUT2D eigenvalue weighted by molar-refractivity contribution is 0.833. The molecule has 0 aliphatic rings. The van der Waals surface area contributed by atoms with Crippen LogP contribution in [0.25, 0.3) is 6.08 Å². The van der Waals surface area contributed by atoms with E-state index in [1.54, 1.807) is 0 Å². The fourth-order valence-electron chi connectivity index (χ4n) is 2.37. The molecule has 0 spiro atoms. The summed E-state index contributed by atoms with van der Waals surface area (Å²) in [5, 5.41) is 0. The van der Waals surface area contributed by atoms with Crippen molar-refractivity contribution in [3.05, 3.63) is 58.7 Å². The molecular formula is C17H22N2. The molecule has 0 aliphatic carbocycles. The van der Waals surface area contributed by atoms with Gasteiger partial charge in [-0.3, -0.25) is 0 Å². The summed E-state index contributed by atoms with van der Waals surface area (Å²) in [6.45, 7) is 6.37. The molecule has 0 radical (unpaired) electrons. The van der Waals surface area contributed by atoms with Gasteiger partial charge in [0.1, 0.15) is 5.82 Å². The second kappa shape index (κ2) is 6.37. The van der Waals surface area contributed by atoms with Crippen LogP contribution in [0.1, 0.15) is 41.1 Å². The van der Waals surface area contributed by atoms with E-state index in [2.05, 4.69) is 54.2 Å². The highest BCUT2D eigenvalue weighted by atomic mass is 14.9. The molecule has 2 nitrogen and oxygen atoms in total. The van der Waals surface area contributed by atoms with Crippen molar-refractivity contribution in [2.45, 2.75) is 40.0 Å². The van der Waals surface area contributed by atoms with Gasteiger partial charge in [0.15, 0.2) is 0 Å². The molecule has 100 valence electrons. The van der Waals surface area contributed by atoms with Crippen LogP contribution >= 0.6 is 0 Å². The summed E-state index contributed by atoms with van der Waals surface area (Å²) in [7, 11) is 0. The fourth-order valence-corrected chi connectivity index (χ4v) is 2.37. The van der Waals surface area contributed by atoms with E-state index < -0.39 is 0 Å². The van der Waals surface area contributed by atoms with Crippen LogP contribution in [0.5, 0.6) is 0 Å². The number of hydrogen-bond acceptors (Lipinski definition) is 1. The van der Waals surface area contributed by atoms with E-state index in [0.29, 0.717) is 0 Å². The largest absolute Gasteiger partial charge is 0.343 e. The van der Waals surface area contributed by atoms with Crippen molar-refractivity contribution >= 4 is 6.08 Å². The number of rotatable bonds is 5. The number of aromatic amines is 1. The van der Waals surface area contributed by atoms with Gasteiger partial charge in [-0.05, 0) is 62.8 Å². The van der Waals surface area contributed by atoms with Gasteiger partial charge in [0.2, 0.25) is 0 Å². The van der Waals surface area contributed by atoms with Gasteiger partial charge in [0.25, 0.3) is 0 Å². The molecule has 0 amide bonds. The Labute approximate surface area is 115 Å². The quantitative estimate of drug-likeness (QED) is 0.788. The van der Waals surface area contributed by atoms with Gasteiger partial charge < -0.3 is 4.98 Å². The van der Waals surface area contributed by atoms with Crippen molar-refractivity contribution in [3.63, 3.8) is 0 Å². The molecule has 1 heterocycles. The fraction of sp³-hybridized carbons (Fsp3) is 0.353. The summed E-state index contributed by atoms with van der Waals surface area (Å²) in [6, 6.07) is 6.53. The molecule has 1 N–H and O–H groups in total. The van der Waals surface area contributed by atoms with E-state index in [-0.39, 0.29) is 0 Å². The van der Waals surface area contributed by atoms with Gasteiger partial charge in [-0.25, -0.2) is 4.98 Å². The Morgan fingerprint density at radius 3 is 2.53 bits per heavy atom. The Morgan fingerprint density at radius 1 is 1.16 bits per heavy atom. The minimum absolute atomic E-state index is 0.968. The number of unbranched alkanes of at least 4 members (excludes halogenated alkanes) is 1. The maximum absolute atomic E-state index is 4.18. The highest BCUT2D eigenvalue weighted by Gasteiger charge is 2.00. The Balaban J connectivity index is 1.82. The summed E-state index contributed by atoms with van der Waals surface area (Å²) in [5.41, 5.74) is 5.42. The van der Waals surface area contributed by atoms with Crippen LogP contribution in [-0.4, -0.2) is 9.97 Å². The van der Waals surface area contributed by atoms with Gasteiger partial charge in [0, 0.05) is 0 Å². The smallest absolute Gasteiger partial charge is 0.103 e. The maximum Gasteiger partial charge on any atom is 0.103 e. The summed E-state index contributed by atoms with van der Waals surface area (Å²) in [5.74, 6) is 0.968. The van der Waals surface area contributed by atoms with E-state index in [1.807, 2.05) is 13.1 Å². The minimum Gasteiger partial charge on any atom is -0.343 e. The van der Waals surface area contributed by atoms with Crippen molar-refractivity contribution in [1.29, 1.82) is 0 Å². The van der Waals surface area contributed by atoms with Crippen LogP contribution in [0, 0.1) is 20.8 Å². The Bertz CT molecular complexity index is 544. The number of imidazole rings is 1. The highest BCUT2D eigenvalue weighted by molar-refractivity contribution is 5.43. The van der Waals surface area contributed by atoms with E-state index in [0.717, 1.165) is 24.4 Å². The van der Waals surface area contributed by atoms with Crippen LogP contribution in [0.2, 0.25) is 0 Å². The molecule has 19 heavy (non-hydrogen) atoms. The van der Waals surface area contributed by atoms with Crippen LogP contribution in [0.3, 0.4) is 0 Å². The van der Waals surface area contributed by atoms with Gasteiger partial charge in [0.05, 0.1) is 11.9 Å². The number of aromatic nitrogens is 2. The Hall–Kier alpha value is -1.83. The van der Waals surface area contributed by atoms with Crippen molar-refractivity contribution in [2.75, 3.05) is 0 Å². The molecule has 2 rings (SSSR count). The van der Waals surface area contributed by atoms with Gasteiger partial charge >= 0.3 is 0 Å². The van der Waals surface area contributed by atoms with Crippen molar-refractivity contribution in [2.24, 2.45) is 0 Å². The predicted octanol–water partition coefficient (Wildman–Crippen LogP) is 4.37. The molecule has 1 aromatic heterocycles. The van der Waals surface area contributed by atoms with Crippen molar-refractivity contribution in [1.82, 2.24) is 9.97 Å². The molecule has 0 saturated carbocycles. The molecule has 0 bridgehead atoms. The van der Waals surface area contributed by atoms with Crippen LogP contribution in [-0.2, 0) is 6.42 Å². The zero-order chi connectivity index (χ0) is 13.7. The van der Waals surface area contributed by atoms with E-state index in [1.165, 1.54) is 23.1 Å². The van der Waals surface area contributed by atoms with Gasteiger partial charge in [-0.1, -0.05) is 24.3 Å². The summed E-state index contributed by atoms with van der Waals surface area (Å²) < 4.78 is 0. The zero-order valence-electron chi connectivity index (χ0n) is 12.0. The van der Waals surface area contributed by atoms with Crippen molar-refractivity contribution in [3.8, 4) is 0 Å². The first-order chi connectivity index (χ1) is 9.16. The SMILES string of the molecule is Cc1ncc(C=CCCCc2c(C)cccc2C)[nH]1. The average Bonchev–Trinajstić information content (AvgIpc) is 2.78.